The Morgan fingerprint density at radius 2 is 1.96 bits per heavy atom. The predicted octanol–water partition coefficient (Wildman–Crippen LogP) is 2.38. The van der Waals surface area contributed by atoms with Gasteiger partial charge >= 0.3 is 0 Å². The third kappa shape index (κ3) is 2.84. The van der Waals surface area contributed by atoms with Gasteiger partial charge in [-0.15, -0.1) is 5.10 Å². The smallest absolute Gasteiger partial charge is 0.249 e. The van der Waals surface area contributed by atoms with Crippen molar-refractivity contribution >= 4 is 23.3 Å². The number of benzene rings is 1. The van der Waals surface area contributed by atoms with Gasteiger partial charge in [0.2, 0.25) is 12.7 Å². The number of ether oxygens (including phenoxy) is 2. The molecule has 0 radical (unpaired) electrons. The number of rotatable bonds is 4. The van der Waals surface area contributed by atoms with E-state index in [0.29, 0.717) is 34.8 Å². The molecule has 0 bridgehead atoms. The second kappa shape index (κ2) is 5.44. The number of hydrogen-bond acceptors (Lipinski definition) is 9. The van der Waals surface area contributed by atoms with Crippen molar-refractivity contribution in [2.75, 3.05) is 17.4 Å². The van der Waals surface area contributed by atoms with E-state index in [1.54, 1.807) is 6.07 Å². The first-order valence-electron chi connectivity index (χ1n) is 6.83. The molecule has 0 saturated carbocycles. The number of fused-ring (bicyclic) bond motifs is 1. The number of aromatic nitrogens is 4. The Labute approximate surface area is 130 Å². The van der Waals surface area contributed by atoms with Crippen molar-refractivity contribution in [3.63, 3.8) is 0 Å². The van der Waals surface area contributed by atoms with Gasteiger partial charge in [0.25, 0.3) is 0 Å². The summed E-state index contributed by atoms with van der Waals surface area (Å²) >= 11 is 0. The van der Waals surface area contributed by atoms with Gasteiger partial charge in [0.1, 0.15) is 5.76 Å². The van der Waals surface area contributed by atoms with Crippen molar-refractivity contribution < 1.29 is 14.0 Å². The molecule has 0 fully saturated rings. The topological polar surface area (TPSA) is 107 Å². The Bertz CT molecular complexity index is 850. The highest BCUT2D eigenvalue weighted by Gasteiger charge is 2.13. The molecule has 23 heavy (non-hydrogen) atoms. The maximum absolute atomic E-state index is 5.33. The summed E-state index contributed by atoms with van der Waals surface area (Å²) in [6, 6.07) is 7.23. The van der Waals surface area contributed by atoms with Gasteiger partial charge in [-0.2, -0.15) is 10.1 Å². The number of nitrogens with zero attached hydrogens (tertiary/aromatic N) is 4. The Morgan fingerprint density at radius 3 is 2.83 bits per heavy atom. The fourth-order valence-electron chi connectivity index (χ4n) is 2.08. The van der Waals surface area contributed by atoms with Gasteiger partial charge in [0, 0.05) is 17.8 Å². The average Bonchev–Trinajstić information content (AvgIpc) is 3.16. The minimum atomic E-state index is 0.230. The van der Waals surface area contributed by atoms with Crippen molar-refractivity contribution in [1.29, 1.82) is 0 Å². The fourth-order valence-corrected chi connectivity index (χ4v) is 2.08. The Balaban J connectivity index is 1.52. The Morgan fingerprint density at radius 1 is 1.04 bits per heavy atom. The fraction of sp³-hybridized carbons (Fsp3) is 0.143. The number of aryl methyl sites for hydroxylation is 1. The van der Waals surface area contributed by atoms with Crippen LogP contribution in [0.3, 0.4) is 0 Å². The molecule has 0 atom stereocenters. The van der Waals surface area contributed by atoms with Crippen molar-refractivity contribution in [1.82, 2.24) is 20.3 Å². The predicted molar refractivity (Wildman–Crippen MR) is 80.2 cm³/mol. The van der Waals surface area contributed by atoms with E-state index in [9.17, 15) is 0 Å². The van der Waals surface area contributed by atoms with Gasteiger partial charge < -0.3 is 24.6 Å². The van der Waals surface area contributed by atoms with Crippen LogP contribution in [0.25, 0.3) is 0 Å². The summed E-state index contributed by atoms with van der Waals surface area (Å²) in [5.41, 5.74) is 0.769. The molecule has 1 aromatic carbocycles. The molecule has 1 aliphatic heterocycles. The third-order valence-electron chi connectivity index (χ3n) is 3.07. The van der Waals surface area contributed by atoms with Gasteiger partial charge in [-0.3, -0.25) is 0 Å². The van der Waals surface area contributed by atoms with E-state index in [4.69, 9.17) is 14.0 Å². The molecule has 0 saturated heterocycles. The van der Waals surface area contributed by atoms with Crippen LogP contribution in [0.5, 0.6) is 11.5 Å². The molecular formula is C14H12N6O3. The highest BCUT2D eigenvalue weighted by Crippen LogP contribution is 2.34. The molecule has 9 heteroatoms. The van der Waals surface area contributed by atoms with Crippen LogP contribution in [0.15, 0.2) is 35.0 Å². The molecular weight excluding hydrogens is 300 g/mol. The van der Waals surface area contributed by atoms with E-state index < -0.39 is 0 Å². The number of nitrogens with one attached hydrogen (secondary N) is 2. The molecule has 2 N–H and O–H groups in total. The molecule has 9 nitrogen and oxygen atoms in total. The molecule has 0 amide bonds. The zero-order valence-corrected chi connectivity index (χ0v) is 12.1. The van der Waals surface area contributed by atoms with E-state index in [-0.39, 0.29) is 6.79 Å². The summed E-state index contributed by atoms with van der Waals surface area (Å²) in [5.74, 6) is 3.48. The van der Waals surface area contributed by atoms with Crippen LogP contribution in [0, 0.1) is 6.92 Å². The maximum atomic E-state index is 5.33. The first-order valence-corrected chi connectivity index (χ1v) is 6.83. The zero-order chi connectivity index (χ0) is 15.6. The standard InChI is InChI=1S/C14H12N6O3/c1-8-4-12(20-23-8)17-13-6-15-19-14(18-13)16-9-2-3-10-11(5-9)22-7-21-10/h2-6H,7H2,1H3,(H2,16,17,18,19,20). The van der Waals surface area contributed by atoms with E-state index in [1.165, 1.54) is 6.20 Å². The lowest BCUT2D eigenvalue weighted by atomic mass is 10.3. The summed E-state index contributed by atoms with van der Waals surface area (Å²) in [5, 5.41) is 17.7. The van der Waals surface area contributed by atoms with Crippen LogP contribution < -0.4 is 20.1 Å². The van der Waals surface area contributed by atoms with Gasteiger partial charge in [-0.1, -0.05) is 5.16 Å². The zero-order valence-electron chi connectivity index (χ0n) is 12.1. The summed E-state index contributed by atoms with van der Waals surface area (Å²) in [4.78, 5) is 4.32. The lowest BCUT2D eigenvalue weighted by Gasteiger charge is -2.06. The second-order valence-corrected chi connectivity index (χ2v) is 4.81. The molecule has 116 valence electrons. The quantitative estimate of drug-likeness (QED) is 0.750. The first kappa shape index (κ1) is 13.3. The van der Waals surface area contributed by atoms with E-state index in [2.05, 4.69) is 31.0 Å². The van der Waals surface area contributed by atoms with Crippen molar-refractivity contribution in [2.24, 2.45) is 0 Å². The SMILES string of the molecule is Cc1cc(Nc2cnnc(Nc3ccc4c(c3)OCO4)n2)no1. The van der Waals surface area contributed by atoms with Crippen LogP contribution in [-0.4, -0.2) is 27.1 Å². The van der Waals surface area contributed by atoms with Crippen LogP contribution >= 0.6 is 0 Å². The Kier molecular flexibility index (Phi) is 3.15. The van der Waals surface area contributed by atoms with Crippen LogP contribution in [0.4, 0.5) is 23.3 Å². The van der Waals surface area contributed by atoms with Crippen molar-refractivity contribution in [3.05, 3.63) is 36.2 Å². The molecule has 3 aromatic rings. The number of hydrogen-bond donors (Lipinski definition) is 2. The van der Waals surface area contributed by atoms with E-state index in [1.807, 2.05) is 25.1 Å². The minimum absolute atomic E-state index is 0.230. The molecule has 3 heterocycles. The molecule has 0 unspecified atom stereocenters. The average molecular weight is 312 g/mol. The molecule has 4 rings (SSSR count). The van der Waals surface area contributed by atoms with Crippen LogP contribution in [0.1, 0.15) is 5.76 Å². The van der Waals surface area contributed by atoms with Crippen LogP contribution in [0.2, 0.25) is 0 Å². The van der Waals surface area contributed by atoms with E-state index >= 15 is 0 Å². The lowest BCUT2D eigenvalue weighted by molar-refractivity contribution is 0.174. The molecule has 0 spiro atoms. The molecule has 2 aromatic heterocycles. The summed E-state index contributed by atoms with van der Waals surface area (Å²) in [6.45, 7) is 2.04. The molecule has 1 aliphatic rings. The minimum Gasteiger partial charge on any atom is -0.454 e. The van der Waals surface area contributed by atoms with Gasteiger partial charge in [0.15, 0.2) is 23.1 Å². The van der Waals surface area contributed by atoms with Gasteiger partial charge in [-0.05, 0) is 19.1 Å². The van der Waals surface area contributed by atoms with Crippen molar-refractivity contribution in [3.8, 4) is 11.5 Å². The van der Waals surface area contributed by atoms with Crippen LogP contribution in [-0.2, 0) is 0 Å². The van der Waals surface area contributed by atoms with Gasteiger partial charge in [0.05, 0.1) is 6.20 Å². The highest BCUT2D eigenvalue weighted by molar-refractivity contribution is 5.61. The second-order valence-electron chi connectivity index (χ2n) is 4.81. The highest BCUT2D eigenvalue weighted by atomic mass is 16.7. The summed E-state index contributed by atoms with van der Waals surface area (Å²) in [6.07, 6.45) is 1.49. The maximum Gasteiger partial charge on any atom is 0.249 e. The summed E-state index contributed by atoms with van der Waals surface area (Å²) in [7, 11) is 0. The van der Waals surface area contributed by atoms with Crippen molar-refractivity contribution in [2.45, 2.75) is 6.92 Å². The lowest BCUT2D eigenvalue weighted by Crippen LogP contribution is -2.02. The summed E-state index contributed by atoms with van der Waals surface area (Å²) < 4.78 is 15.6. The first-order chi connectivity index (χ1) is 11.3. The van der Waals surface area contributed by atoms with E-state index in [0.717, 1.165) is 5.69 Å². The number of anilines is 4. The third-order valence-corrected chi connectivity index (χ3v) is 3.07. The largest absolute Gasteiger partial charge is 0.454 e. The van der Waals surface area contributed by atoms with Gasteiger partial charge in [-0.25, -0.2) is 0 Å². The molecule has 0 aliphatic carbocycles. The normalized spacial score (nSPS) is 12.2. The Hall–Kier alpha value is -3.36. The monoisotopic (exact) mass is 312 g/mol.